The van der Waals surface area contributed by atoms with Crippen LogP contribution in [0.4, 0.5) is 0 Å². The van der Waals surface area contributed by atoms with Gasteiger partial charge in [0, 0.05) is 6.61 Å². The molecule has 0 amide bonds. The van der Waals surface area contributed by atoms with E-state index >= 15 is 0 Å². The third-order valence-corrected chi connectivity index (χ3v) is 1.49. The number of hydrogen-bond acceptors (Lipinski definition) is 4. The van der Waals surface area contributed by atoms with E-state index in [1.54, 1.807) is 6.92 Å². The summed E-state index contributed by atoms with van der Waals surface area (Å²) >= 11 is 0. The van der Waals surface area contributed by atoms with Crippen molar-refractivity contribution in [3.8, 4) is 0 Å². The summed E-state index contributed by atoms with van der Waals surface area (Å²) in [6.45, 7) is 1.71. The Hall–Kier alpha value is -0.900. The zero-order valence-electron chi connectivity index (χ0n) is 5.70. The lowest BCUT2D eigenvalue weighted by Gasteiger charge is -2.00. The highest BCUT2D eigenvalue weighted by Gasteiger charge is 2.28. The standard InChI is InChI=1S/C6H9NO3/c1-4-5(2-3-8)6(9)10-7-4/h5,8H,2-3H2,1H3/t5-/m1/s1. The number of aliphatic hydroxyl groups is 1. The molecule has 0 aromatic carbocycles. The van der Waals surface area contributed by atoms with E-state index in [-0.39, 0.29) is 18.5 Å². The lowest BCUT2D eigenvalue weighted by molar-refractivity contribution is -0.143. The van der Waals surface area contributed by atoms with Gasteiger partial charge in [0.25, 0.3) is 0 Å². The highest BCUT2D eigenvalue weighted by atomic mass is 16.7. The van der Waals surface area contributed by atoms with Crippen LogP contribution in [-0.2, 0) is 9.63 Å². The van der Waals surface area contributed by atoms with Crippen LogP contribution >= 0.6 is 0 Å². The van der Waals surface area contributed by atoms with Gasteiger partial charge in [0.1, 0.15) is 5.92 Å². The van der Waals surface area contributed by atoms with Crippen LogP contribution in [-0.4, -0.2) is 23.4 Å². The molecule has 0 aliphatic carbocycles. The van der Waals surface area contributed by atoms with E-state index in [0.29, 0.717) is 12.1 Å². The molecule has 0 aromatic heterocycles. The number of carbonyl (C=O) groups excluding carboxylic acids is 1. The van der Waals surface area contributed by atoms with Gasteiger partial charge in [-0.05, 0) is 13.3 Å². The Morgan fingerprint density at radius 2 is 2.50 bits per heavy atom. The van der Waals surface area contributed by atoms with Crippen molar-refractivity contribution in [2.75, 3.05) is 6.61 Å². The number of carbonyl (C=O) groups is 1. The molecule has 0 aromatic rings. The van der Waals surface area contributed by atoms with E-state index in [1.807, 2.05) is 0 Å². The second-order valence-corrected chi connectivity index (χ2v) is 2.21. The van der Waals surface area contributed by atoms with E-state index in [1.165, 1.54) is 0 Å². The highest BCUT2D eigenvalue weighted by molar-refractivity contribution is 6.03. The lowest BCUT2D eigenvalue weighted by Crippen LogP contribution is -2.17. The molecule has 1 rings (SSSR count). The van der Waals surface area contributed by atoms with Crippen molar-refractivity contribution in [3.05, 3.63) is 0 Å². The predicted molar refractivity (Wildman–Crippen MR) is 34.4 cm³/mol. The Labute approximate surface area is 58.5 Å². The molecule has 0 radical (unpaired) electrons. The molecule has 1 aliphatic heterocycles. The maximum Gasteiger partial charge on any atom is 0.343 e. The number of rotatable bonds is 2. The molecule has 0 fully saturated rings. The molecular weight excluding hydrogens is 134 g/mol. The summed E-state index contributed by atoms with van der Waals surface area (Å²) in [4.78, 5) is 15.1. The first-order chi connectivity index (χ1) is 4.75. The average Bonchev–Trinajstić information content (AvgIpc) is 2.20. The Bertz CT molecular complexity index is 176. The zero-order valence-corrected chi connectivity index (χ0v) is 5.70. The first kappa shape index (κ1) is 7.21. The number of nitrogens with zero attached hydrogens (tertiary/aromatic N) is 1. The number of hydrogen-bond donors (Lipinski definition) is 1. The van der Waals surface area contributed by atoms with E-state index in [0.717, 1.165) is 0 Å². The van der Waals surface area contributed by atoms with Gasteiger partial charge in [0.2, 0.25) is 0 Å². The van der Waals surface area contributed by atoms with Gasteiger partial charge < -0.3 is 9.94 Å². The summed E-state index contributed by atoms with van der Waals surface area (Å²) in [5, 5.41) is 12.0. The van der Waals surface area contributed by atoms with E-state index in [4.69, 9.17) is 5.11 Å². The topological polar surface area (TPSA) is 58.9 Å². The first-order valence-electron chi connectivity index (χ1n) is 3.12. The molecule has 0 saturated heterocycles. The molecule has 4 heteroatoms. The SMILES string of the molecule is CC1=NOC(=O)[C@@H]1CCO. The van der Waals surface area contributed by atoms with Crippen LogP contribution in [0, 0.1) is 5.92 Å². The lowest BCUT2D eigenvalue weighted by atomic mass is 10.0. The van der Waals surface area contributed by atoms with E-state index in [9.17, 15) is 4.79 Å². The fourth-order valence-corrected chi connectivity index (χ4v) is 0.871. The van der Waals surface area contributed by atoms with Crippen molar-refractivity contribution >= 4 is 11.7 Å². The van der Waals surface area contributed by atoms with Crippen molar-refractivity contribution < 1.29 is 14.7 Å². The molecule has 4 nitrogen and oxygen atoms in total. The molecule has 1 aliphatic rings. The molecule has 56 valence electrons. The Kier molecular flexibility index (Phi) is 2.01. The summed E-state index contributed by atoms with van der Waals surface area (Å²) in [5.41, 5.74) is 0.652. The molecular formula is C6H9NO3. The van der Waals surface area contributed by atoms with Gasteiger partial charge in [-0.25, -0.2) is 4.79 Å². The maximum absolute atomic E-state index is 10.7. The van der Waals surface area contributed by atoms with Gasteiger partial charge in [-0.2, -0.15) is 0 Å². The van der Waals surface area contributed by atoms with Gasteiger partial charge in [0.15, 0.2) is 0 Å². The van der Waals surface area contributed by atoms with E-state index in [2.05, 4.69) is 9.99 Å². The second-order valence-electron chi connectivity index (χ2n) is 2.21. The van der Waals surface area contributed by atoms with E-state index < -0.39 is 0 Å². The van der Waals surface area contributed by atoms with Crippen LogP contribution in [0.2, 0.25) is 0 Å². The first-order valence-corrected chi connectivity index (χ1v) is 3.12. The van der Waals surface area contributed by atoms with Gasteiger partial charge in [-0.15, -0.1) is 0 Å². The monoisotopic (exact) mass is 143 g/mol. The fraction of sp³-hybridized carbons (Fsp3) is 0.667. The van der Waals surface area contributed by atoms with Gasteiger partial charge in [-0.3, -0.25) is 0 Å². The van der Waals surface area contributed by atoms with Crippen molar-refractivity contribution in [3.63, 3.8) is 0 Å². The Morgan fingerprint density at radius 3 is 2.90 bits per heavy atom. The maximum atomic E-state index is 10.7. The van der Waals surface area contributed by atoms with Crippen LogP contribution in [0.1, 0.15) is 13.3 Å². The van der Waals surface area contributed by atoms with Crippen molar-refractivity contribution in [2.24, 2.45) is 11.1 Å². The normalized spacial score (nSPS) is 24.4. The molecule has 0 bridgehead atoms. The average molecular weight is 143 g/mol. The molecule has 1 N–H and O–H groups in total. The molecule has 0 saturated carbocycles. The van der Waals surface area contributed by atoms with Gasteiger partial charge in [-0.1, -0.05) is 5.16 Å². The summed E-state index contributed by atoms with van der Waals surface area (Å²) in [7, 11) is 0. The number of aliphatic hydroxyl groups excluding tert-OH is 1. The Morgan fingerprint density at radius 1 is 1.80 bits per heavy atom. The molecule has 0 spiro atoms. The molecule has 1 heterocycles. The van der Waals surface area contributed by atoms with Crippen LogP contribution in [0.5, 0.6) is 0 Å². The third kappa shape index (κ3) is 1.16. The van der Waals surface area contributed by atoms with Crippen LogP contribution < -0.4 is 0 Å². The van der Waals surface area contributed by atoms with Crippen molar-refractivity contribution in [1.82, 2.24) is 0 Å². The van der Waals surface area contributed by atoms with Crippen LogP contribution in [0.3, 0.4) is 0 Å². The largest absolute Gasteiger partial charge is 0.396 e. The molecule has 10 heavy (non-hydrogen) atoms. The summed E-state index contributed by atoms with van der Waals surface area (Å²) < 4.78 is 0. The second kappa shape index (κ2) is 2.79. The summed E-state index contributed by atoms with van der Waals surface area (Å²) in [6.07, 6.45) is 0.411. The van der Waals surface area contributed by atoms with Crippen LogP contribution in [0.25, 0.3) is 0 Å². The quantitative estimate of drug-likeness (QED) is 0.550. The van der Waals surface area contributed by atoms with Crippen LogP contribution in [0.15, 0.2) is 5.16 Å². The zero-order chi connectivity index (χ0) is 7.56. The third-order valence-electron chi connectivity index (χ3n) is 1.49. The number of oxime groups is 1. The smallest absolute Gasteiger partial charge is 0.343 e. The predicted octanol–water partition coefficient (Wildman–Crippen LogP) is -0.0823. The Balaban J connectivity index is 2.56. The van der Waals surface area contributed by atoms with Gasteiger partial charge >= 0.3 is 5.97 Å². The summed E-state index contributed by atoms with van der Waals surface area (Å²) in [5.74, 6) is -0.670. The van der Waals surface area contributed by atoms with Crippen molar-refractivity contribution in [1.29, 1.82) is 0 Å². The highest BCUT2D eigenvalue weighted by Crippen LogP contribution is 2.14. The van der Waals surface area contributed by atoms with Crippen molar-refractivity contribution in [2.45, 2.75) is 13.3 Å². The minimum absolute atomic E-state index is 0.00731. The fourth-order valence-electron chi connectivity index (χ4n) is 0.871. The molecule has 0 unspecified atom stereocenters. The van der Waals surface area contributed by atoms with Gasteiger partial charge in [0.05, 0.1) is 5.71 Å². The minimum atomic E-state index is -0.355. The molecule has 1 atom stereocenters. The summed E-state index contributed by atoms with van der Waals surface area (Å²) in [6, 6.07) is 0. The minimum Gasteiger partial charge on any atom is -0.396 e.